The Morgan fingerprint density at radius 3 is 2.27 bits per heavy atom. The number of carbonyl (C=O) groups excluding carboxylic acids is 1. The number of nitrogens with one attached hydrogen (secondary N) is 1. The van der Waals surface area contributed by atoms with Crippen LogP contribution in [0.4, 0.5) is 4.79 Å². The Balaban J connectivity index is 3.75. The molecule has 132 valence electrons. The van der Waals surface area contributed by atoms with E-state index in [2.05, 4.69) is 5.32 Å². The minimum absolute atomic E-state index is 0.257. The monoisotopic (exact) mass is 319 g/mol. The lowest BCUT2D eigenvalue weighted by atomic mass is 10.1. The van der Waals surface area contributed by atoms with E-state index in [1.54, 1.807) is 14.0 Å². The normalized spacial score (nSPS) is 12.3. The highest BCUT2D eigenvalue weighted by Gasteiger charge is 2.22. The van der Waals surface area contributed by atoms with Crippen LogP contribution >= 0.6 is 0 Å². The van der Waals surface area contributed by atoms with E-state index in [1.807, 2.05) is 27.7 Å². The zero-order valence-corrected chi connectivity index (χ0v) is 15.0. The van der Waals surface area contributed by atoms with E-state index in [1.165, 1.54) is 0 Å². The molecule has 1 N–H and O–H groups in total. The summed E-state index contributed by atoms with van der Waals surface area (Å²) in [6.45, 7) is 12.6. The van der Waals surface area contributed by atoms with Crippen molar-refractivity contribution in [3.05, 3.63) is 0 Å². The van der Waals surface area contributed by atoms with Crippen molar-refractivity contribution in [2.75, 3.05) is 40.1 Å². The molecule has 0 unspecified atom stereocenters. The second-order valence-corrected chi connectivity index (χ2v) is 6.40. The third-order valence-corrected chi connectivity index (χ3v) is 3.05. The van der Waals surface area contributed by atoms with Gasteiger partial charge < -0.3 is 24.3 Å². The van der Waals surface area contributed by atoms with E-state index in [9.17, 15) is 4.79 Å². The van der Waals surface area contributed by atoms with Gasteiger partial charge in [-0.3, -0.25) is 0 Å². The van der Waals surface area contributed by atoms with Crippen LogP contribution in [0.2, 0.25) is 0 Å². The van der Waals surface area contributed by atoms with Crippen LogP contribution < -0.4 is 5.32 Å². The Morgan fingerprint density at radius 2 is 1.68 bits per heavy atom. The van der Waals surface area contributed by atoms with Gasteiger partial charge in [0.25, 0.3) is 0 Å². The van der Waals surface area contributed by atoms with Crippen LogP contribution in [0.1, 0.15) is 47.5 Å². The van der Waals surface area contributed by atoms with E-state index in [-0.39, 0.29) is 17.3 Å². The molecule has 0 atom stereocenters. The number of carbonyl (C=O) groups is 1. The quantitative estimate of drug-likeness (QED) is 0.560. The summed E-state index contributed by atoms with van der Waals surface area (Å²) in [6, 6.07) is 0. The summed E-state index contributed by atoms with van der Waals surface area (Å²) in [4.78, 5) is 11.1. The molecule has 1 amide bonds. The lowest BCUT2D eigenvalue weighted by Gasteiger charge is -2.29. The van der Waals surface area contributed by atoms with Crippen LogP contribution in [0.3, 0.4) is 0 Å². The standard InChI is InChI=1S/C16H33NO5/c1-7-20-14(18)17-10-8-11-21-15(2,3)9-12-22-16(4,5)13-19-6/h7-13H2,1-6H3,(H,17,18). The number of hydrogen-bond acceptors (Lipinski definition) is 5. The van der Waals surface area contributed by atoms with Gasteiger partial charge in [0, 0.05) is 20.3 Å². The fourth-order valence-electron chi connectivity index (χ4n) is 1.83. The van der Waals surface area contributed by atoms with Crippen molar-refractivity contribution in [1.82, 2.24) is 5.32 Å². The summed E-state index contributed by atoms with van der Waals surface area (Å²) in [5.74, 6) is 0. The van der Waals surface area contributed by atoms with E-state index in [0.717, 1.165) is 12.8 Å². The first-order valence-electron chi connectivity index (χ1n) is 7.90. The smallest absolute Gasteiger partial charge is 0.407 e. The summed E-state index contributed by atoms with van der Waals surface area (Å²) >= 11 is 0. The van der Waals surface area contributed by atoms with Crippen molar-refractivity contribution in [2.45, 2.75) is 58.7 Å². The SMILES string of the molecule is CCOC(=O)NCCCOC(C)(C)CCOC(C)(C)COC. The molecule has 0 saturated heterocycles. The molecule has 0 aliphatic heterocycles. The molecule has 0 aliphatic carbocycles. The lowest BCUT2D eigenvalue weighted by molar-refractivity contribution is -0.0934. The fourth-order valence-corrected chi connectivity index (χ4v) is 1.83. The van der Waals surface area contributed by atoms with Crippen LogP contribution in [0.25, 0.3) is 0 Å². The summed E-state index contributed by atoms with van der Waals surface area (Å²) in [6.07, 6.45) is 1.17. The summed E-state index contributed by atoms with van der Waals surface area (Å²) in [7, 11) is 1.67. The number of ether oxygens (including phenoxy) is 4. The molecule has 0 rings (SSSR count). The molecule has 6 nitrogen and oxygen atoms in total. The van der Waals surface area contributed by atoms with E-state index < -0.39 is 0 Å². The molecule has 0 aromatic carbocycles. The van der Waals surface area contributed by atoms with Crippen molar-refractivity contribution in [3.8, 4) is 0 Å². The summed E-state index contributed by atoms with van der Waals surface area (Å²) in [5.41, 5.74) is -0.540. The highest BCUT2D eigenvalue weighted by Crippen LogP contribution is 2.17. The van der Waals surface area contributed by atoms with Crippen LogP contribution in [-0.2, 0) is 18.9 Å². The third-order valence-electron chi connectivity index (χ3n) is 3.05. The van der Waals surface area contributed by atoms with Crippen LogP contribution in [0, 0.1) is 0 Å². The van der Waals surface area contributed by atoms with Gasteiger partial charge in [-0.2, -0.15) is 0 Å². The first-order chi connectivity index (χ1) is 10.2. The van der Waals surface area contributed by atoms with Crippen molar-refractivity contribution in [2.24, 2.45) is 0 Å². The van der Waals surface area contributed by atoms with Gasteiger partial charge in [0.05, 0.1) is 31.0 Å². The lowest BCUT2D eigenvalue weighted by Crippen LogP contribution is -2.34. The van der Waals surface area contributed by atoms with Gasteiger partial charge in [-0.1, -0.05) is 0 Å². The van der Waals surface area contributed by atoms with Crippen LogP contribution in [0.15, 0.2) is 0 Å². The van der Waals surface area contributed by atoms with Gasteiger partial charge in [0.15, 0.2) is 0 Å². The van der Waals surface area contributed by atoms with E-state index >= 15 is 0 Å². The molecule has 0 bridgehead atoms. The molecule has 0 aromatic heterocycles. The molecule has 6 heteroatoms. The molecule has 0 aliphatic rings. The van der Waals surface area contributed by atoms with E-state index in [4.69, 9.17) is 18.9 Å². The summed E-state index contributed by atoms with van der Waals surface area (Å²) in [5, 5.41) is 2.67. The highest BCUT2D eigenvalue weighted by molar-refractivity contribution is 5.66. The molecule has 22 heavy (non-hydrogen) atoms. The minimum Gasteiger partial charge on any atom is -0.450 e. The van der Waals surface area contributed by atoms with Gasteiger partial charge >= 0.3 is 6.09 Å². The van der Waals surface area contributed by atoms with Gasteiger partial charge in [0.2, 0.25) is 0 Å². The minimum atomic E-state index is -0.379. The predicted molar refractivity (Wildman–Crippen MR) is 86.2 cm³/mol. The highest BCUT2D eigenvalue weighted by atomic mass is 16.5. The van der Waals surface area contributed by atoms with Crippen molar-refractivity contribution in [3.63, 3.8) is 0 Å². The van der Waals surface area contributed by atoms with Gasteiger partial charge in [-0.25, -0.2) is 4.79 Å². The Labute approximate surface area is 134 Å². The maximum Gasteiger partial charge on any atom is 0.407 e. The zero-order chi connectivity index (χ0) is 17.1. The van der Waals surface area contributed by atoms with Gasteiger partial charge in [0.1, 0.15) is 0 Å². The largest absolute Gasteiger partial charge is 0.450 e. The van der Waals surface area contributed by atoms with Gasteiger partial charge in [-0.05, 0) is 47.5 Å². The van der Waals surface area contributed by atoms with Crippen molar-refractivity contribution >= 4 is 6.09 Å². The maximum absolute atomic E-state index is 11.1. The molecule has 0 aromatic rings. The maximum atomic E-state index is 11.1. The molecule has 0 radical (unpaired) electrons. The number of hydrogen-bond donors (Lipinski definition) is 1. The first-order valence-corrected chi connectivity index (χ1v) is 7.90. The van der Waals surface area contributed by atoms with Crippen molar-refractivity contribution in [1.29, 1.82) is 0 Å². The second kappa shape index (κ2) is 10.8. The van der Waals surface area contributed by atoms with Gasteiger partial charge in [-0.15, -0.1) is 0 Å². The topological polar surface area (TPSA) is 66.0 Å². The van der Waals surface area contributed by atoms with E-state index in [0.29, 0.717) is 33.0 Å². The predicted octanol–water partition coefficient (Wildman–Crippen LogP) is 2.75. The van der Waals surface area contributed by atoms with Crippen molar-refractivity contribution < 1.29 is 23.7 Å². The molecular formula is C16H33NO5. The van der Waals surface area contributed by atoms with Crippen LogP contribution in [-0.4, -0.2) is 57.4 Å². The molecular weight excluding hydrogens is 286 g/mol. The number of alkyl carbamates (subject to hydrolysis) is 1. The first kappa shape index (κ1) is 21.1. The fraction of sp³-hybridized carbons (Fsp3) is 0.938. The third kappa shape index (κ3) is 11.8. The molecule has 0 heterocycles. The second-order valence-electron chi connectivity index (χ2n) is 6.40. The zero-order valence-electron chi connectivity index (χ0n) is 15.0. The Bertz CT molecular complexity index is 305. The number of rotatable bonds is 12. The Morgan fingerprint density at radius 1 is 1.05 bits per heavy atom. The average molecular weight is 319 g/mol. The van der Waals surface area contributed by atoms with Crippen LogP contribution in [0.5, 0.6) is 0 Å². The Kier molecular flexibility index (Phi) is 10.4. The molecule has 0 saturated carbocycles. The number of methoxy groups -OCH3 is 1. The summed E-state index contributed by atoms with van der Waals surface area (Å²) < 4.78 is 21.5. The molecule has 0 fully saturated rings. The molecule has 0 spiro atoms. The number of amides is 1. The average Bonchev–Trinajstić information content (AvgIpc) is 2.37. The Hall–Kier alpha value is -0.850.